The molecular weight excluding hydrogens is 955 g/mol. The van der Waals surface area contributed by atoms with Crippen LogP contribution in [-0.4, -0.2) is 47.6 Å². The second kappa shape index (κ2) is 21.1. The molecule has 0 saturated heterocycles. The van der Waals surface area contributed by atoms with Crippen LogP contribution in [0.3, 0.4) is 0 Å². The van der Waals surface area contributed by atoms with Crippen molar-refractivity contribution in [3.63, 3.8) is 0 Å². The molecule has 8 bridgehead atoms. The molecule has 0 aliphatic carbocycles. The molecule has 12 heteroatoms. The third kappa shape index (κ3) is 10.1. The van der Waals surface area contributed by atoms with Gasteiger partial charge in [0.05, 0.1) is 22.8 Å². The van der Waals surface area contributed by atoms with Gasteiger partial charge in [-0.2, -0.15) is 0 Å². The molecule has 0 spiro atoms. The van der Waals surface area contributed by atoms with Crippen LogP contribution in [0.5, 0.6) is 0 Å². The van der Waals surface area contributed by atoms with Crippen LogP contribution in [0.4, 0.5) is 5.69 Å². The van der Waals surface area contributed by atoms with Gasteiger partial charge >= 0.3 is 0 Å². The lowest BCUT2D eigenvalue weighted by atomic mass is 10.0. The van der Waals surface area contributed by atoms with E-state index in [1.54, 1.807) is 36.9 Å². The summed E-state index contributed by atoms with van der Waals surface area (Å²) in [5, 5.41) is 8.78. The molecule has 77 heavy (non-hydrogen) atoms. The molecule has 370 valence electrons. The molecule has 0 saturated carbocycles. The Labute approximate surface area is 443 Å². The quantitative estimate of drug-likeness (QED) is 0.0811. The zero-order valence-electron chi connectivity index (χ0n) is 41.4. The van der Waals surface area contributed by atoms with Gasteiger partial charge in [-0.25, -0.2) is 9.97 Å². The number of H-pyrrole nitrogens is 2. The zero-order valence-corrected chi connectivity index (χ0v) is 41.4. The first-order valence-corrected chi connectivity index (χ1v) is 25.1. The van der Waals surface area contributed by atoms with E-state index in [1.807, 2.05) is 97.1 Å². The Morgan fingerprint density at radius 3 is 1.08 bits per heavy atom. The Hall–Kier alpha value is -10.6. The summed E-state index contributed by atoms with van der Waals surface area (Å²) in [4.78, 5) is 68.2. The molecule has 5 aromatic heterocycles. The Morgan fingerprint density at radius 1 is 0.377 bits per heavy atom. The fourth-order valence-electron chi connectivity index (χ4n) is 9.75. The number of carbonyl (C=O) groups is 3. The van der Waals surface area contributed by atoms with Gasteiger partial charge in [0, 0.05) is 105 Å². The summed E-state index contributed by atoms with van der Waals surface area (Å²) in [6, 6.07) is 58.6. The maximum Gasteiger partial charge on any atom is 0.255 e. The third-order valence-electron chi connectivity index (χ3n) is 13.4. The number of amides is 3. The number of nitrogens with zero attached hydrogens (tertiary/aromatic N) is 4. The van der Waals surface area contributed by atoms with Gasteiger partial charge < -0.3 is 25.9 Å². The first kappa shape index (κ1) is 47.4. The van der Waals surface area contributed by atoms with Gasteiger partial charge in [0.1, 0.15) is 0 Å². The first-order chi connectivity index (χ1) is 37.9. The maximum absolute atomic E-state index is 14.2. The standard InChI is InChI=1S/C65H47N9O3/c75-63(68-39-41-12-10-32-66-37-41)47-34-48(64(76)69-40-42-13-11-33-67-38-42)36-49(35-47)65(77)70-50-22-20-46(21-23-50)62-57-30-28-55(73-57)60(44-16-6-2-7-17-44)53-26-24-51(71-53)59(43-14-4-1-5-15-43)52-25-27-54(72-52)61(45-18-8-3-9-19-45)56-29-31-58(62)74-56/h1-38,71,74H,39-40H2,(H,68,75)(H,69,76)(H,70,77). The van der Waals surface area contributed by atoms with E-state index in [4.69, 9.17) is 9.97 Å². The van der Waals surface area contributed by atoms with Crippen molar-refractivity contribution in [2.75, 3.05) is 5.32 Å². The number of hydrogen-bond acceptors (Lipinski definition) is 7. The summed E-state index contributed by atoms with van der Waals surface area (Å²) >= 11 is 0. The highest BCUT2D eigenvalue weighted by molar-refractivity contribution is 6.09. The number of rotatable bonds is 12. The average Bonchev–Trinajstić information content (AvgIpc) is 4.42. The lowest BCUT2D eigenvalue weighted by molar-refractivity contribution is 0.0950. The Balaban J connectivity index is 0.962. The number of pyridine rings is 2. The molecule has 5 N–H and O–H groups in total. The number of anilines is 1. The molecule has 0 fully saturated rings. The second-order valence-corrected chi connectivity index (χ2v) is 18.5. The minimum atomic E-state index is -0.507. The van der Waals surface area contributed by atoms with Crippen molar-refractivity contribution in [3.05, 3.63) is 257 Å². The van der Waals surface area contributed by atoms with E-state index in [-0.39, 0.29) is 29.8 Å². The monoisotopic (exact) mass is 1000 g/mol. The topological polar surface area (TPSA) is 170 Å². The van der Waals surface area contributed by atoms with Gasteiger partial charge in [0.25, 0.3) is 17.7 Å². The van der Waals surface area contributed by atoms with Gasteiger partial charge in [0.15, 0.2) is 0 Å². The Morgan fingerprint density at radius 2 is 0.727 bits per heavy atom. The highest BCUT2D eigenvalue weighted by Gasteiger charge is 2.21. The molecule has 0 unspecified atom stereocenters. The molecule has 2 aliphatic heterocycles. The van der Waals surface area contributed by atoms with E-state index < -0.39 is 17.7 Å². The molecule has 3 amide bonds. The number of aromatic amines is 2. The predicted octanol–water partition coefficient (Wildman–Crippen LogP) is 13.2. The van der Waals surface area contributed by atoms with Crippen LogP contribution in [0.2, 0.25) is 0 Å². The average molecular weight is 1000 g/mol. The lowest BCUT2D eigenvalue weighted by Crippen LogP contribution is -2.26. The number of carbonyl (C=O) groups excluding carboxylic acids is 3. The van der Waals surface area contributed by atoms with Crippen LogP contribution in [0.1, 0.15) is 65.0 Å². The fourth-order valence-corrected chi connectivity index (χ4v) is 9.75. The van der Waals surface area contributed by atoms with Crippen molar-refractivity contribution in [3.8, 4) is 44.5 Å². The second-order valence-electron chi connectivity index (χ2n) is 18.5. The van der Waals surface area contributed by atoms with Crippen molar-refractivity contribution in [2.45, 2.75) is 13.1 Å². The highest BCUT2D eigenvalue weighted by Crippen LogP contribution is 2.38. The molecule has 10 aromatic rings. The largest absolute Gasteiger partial charge is 0.354 e. The molecule has 0 atom stereocenters. The molecule has 12 nitrogen and oxygen atoms in total. The van der Waals surface area contributed by atoms with Gasteiger partial charge in [-0.05, 0) is 124 Å². The van der Waals surface area contributed by atoms with Gasteiger partial charge in [-0.1, -0.05) is 115 Å². The number of hydrogen-bond donors (Lipinski definition) is 5. The van der Waals surface area contributed by atoms with Gasteiger partial charge in [0.2, 0.25) is 0 Å². The number of fused-ring (bicyclic) bond motifs is 8. The summed E-state index contributed by atoms with van der Waals surface area (Å²) in [7, 11) is 0. The minimum absolute atomic E-state index is 0.125. The van der Waals surface area contributed by atoms with Crippen molar-refractivity contribution < 1.29 is 14.4 Å². The van der Waals surface area contributed by atoms with Crippen molar-refractivity contribution >= 4 is 69.8 Å². The molecule has 2 aliphatic rings. The van der Waals surface area contributed by atoms with Crippen LogP contribution >= 0.6 is 0 Å². The summed E-state index contributed by atoms with van der Waals surface area (Å²) in [5.41, 5.74) is 16.7. The fraction of sp³-hybridized carbons (Fsp3) is 0.0308. The van der Waals surface area contributed by atoms with Gasteiger partial charge in [-0.3, -0.25) is 24.4 Å². The Kier molecular flexibility index (Phi) is 13.0. The SMILES string of the molecule is O=C(NCc1cccnc1)c1cc(C(=O)NCc2cccnc2)cc(C(=O)Nc2ccc(-c3c4nc(c(-c5ccccc5)c5ccc([nH]5)c(-c5ccccc5)c5nc(c(-c6ccccc6)c6ccc3[nH]6)C=C5)C=C4)cc2)c1. The summed E-state index contributed by atoms with van der Waals surface area (Å²) in [5.74, 6) is -1.42. The van der Waals surface area contributed by atoms with Crippen molar-refractivity contribution in [1.82, 2.24) is 40.5 Å². The summed E-state index contributed by atoms with van der Waals surface area (Å²) in [6.07, 6.45) is 14.9. The van der Waals surface area contributed by atoms with Crippen LogP contribution in [0, 0.1) is 0 Å². The molecule has 7 heterocycles. The van der Waals surface area contributed by atoms with Crippen LogP contribution in [0.15, 0.2) is 207 Å². The minimum Gasteiger partial charge on any atom is -0.354 e. The summed E-state index contributed by atoms with van der Waals surface area (Å²) in [6.45, 7) is 0.408. The van der Waals surface area contributed by atoms with Crippen LogP contribution in [-0.2, 0) is 13.1 Å². The number of nitrogens with one attached hydrogen (secondary N) is 5. The smallest absolute Gasteiger partial charge is 0.255 e. The van der Waals surface area contributed by atoms with E-state index in [9.17, 15) is 14.4 Å². The van der Waals surface area contributed by atoms with Crippen LogP contribution in [0.25, 0.3) is 90.9 Å². The predicted molar refractivity (Wildman–Crippen MR) is 306 cm³/mol. The summed E-state index contributed by atoms with van der Waals surface area (Å²) < 4.78 is 0. The lowest BCUT2D eigenvalue weighted by Gasteiger charge is -2.12. The number of benzene rings is 5. The maximum atomic E-state index is 14.2. The zero-order chi connectivity index (χ0) is 52.1. The van der Waals surface area contributed by atoms with Crippen LogP contribution < -0.4 is 16.0 Å². The molecular formula is C65H47N9O3. The van der Waals surface area contributed by atoms with Gasteiger partial charge in [-0.15, -0.1) is 0 Å². The highest BCUT2D eigenvalue weighted by atomic mass is 16.2. The third-order valence-corrected chi connectivity index (χ3v) is 13.4. The Bertz CT molecular complexity index is 3990. The van der Waals surface area contributed by atoms with E-state index >= 15 is 0 Å². The first-order valence-electron chi connectivity index (χ1n) is 25.1. The van der Waals surface area contributed by atoms with E-state index in [0.717, 1.165) is 100 Å². The van der Waals surface area contributed by atoms with E-state index in [0.29, 0.717) is 5.69 Å². The van der Waals surface area contributed by atoms with Crippen molar-refractivity contribution in [2.24, 2.45) is 0 Å². The number of aromatic nitrogens is 6. The van der Waals surface area contributed by atoms with E-state index in [1.165, 1.54) is 18.2 Å². The molecule has 12 rings (SSSR count). The van der Waals surface area contributed by atoms with Crippen molar-refractivity contribution in [1.29, 1.82) is 0 Å². The normalized spacial score (nSPS) is 11.5. The van der Waals surface area contributed by atoms with E-state index in [2.05, 4.69) is 115 Å². The molecule has 0 radical (unpaired) electrons. The molecule has 5 aromatic carbocycles.